The van der Waals surface area contributed by atoms with E-state index in [9.17, 15) is 5.11 Å². The molecule has 1 aliphatic carbocycles. The van der Waals surface area contributed by atoms with Crippen molar-refractivity contribution in [3.63, 3.8) is 0 Å². The van der Waals surface area contributed by atoms with E-state index in [1.54, 1.807) is 23.7 Å². The van der Waals surface area contributed by atoms with Crippen LogP contribution in [0.5, 0.6) is 5.75 Å². The van der Waals surface area contributed by atoms with Crippen molar-refractivity contribution in [2.75, 3.05) is 6.61 Å². The second kappa shape index (κ2) is 5.94. The fourth-order valence-electron chi connectivity index (χ4n) is 2.64. The van der Waals surface area contributed by atoms with Crippen molar-refractivity contribution in [1.29, 1.82) is 0 Å². The van der Waals surface area contributed by atoms with Gasteiger partial charge in [0.15, 0.2) is 0 Å². The Morgan fingerprint density at radius 3 is 2.95 bits per heavy atom. The van der Waals surface area contributed by atoms with E-state index in [1.807, 2.05) is 13.0 Å². The van der Waals surface area contributed by atoms with E-state index in [4.69, 9.17) is 4.74 Å². The number of aryl methyl sites for hydroxylation is 2. The van der Waals surface area contributed by atoms with Crippen molar-refractivity contribution in [2.24, 2.45) is 0 Å². The van der Waals surface area contributed by atoms with Crippen LogP contribution in [-0.4, -0.2) is 16.7 Å². The van der Waals surface area contributed by atoms with Gasteiger partial charge < -0.3 is 9.84 Å². The lowest BCUT2D eigenvalue weighted by atomic mass is 9.98. The van der Waals surface area contributed by atoms with Gasteiger partial charge in [0.05, 0.1) is 12.8 Å². The molecule has 2 aromatic heterocycles. The Hall–Kier alpha value is -1.39. The summed E-state index contributed by atoms with van der Waals surface area (Å²) in [5, 5.41) is 10.5. The van der Waals surface area contributed by atoms with E-state index in [2.05, 4.69) is 11.1 Å². The number of rotatable bonds is 4. The quantitative estimate of drug-likeness (QED) is 0.936. The van der Waals surface area contributed by atoms with E-state index in [0.717, 1.165) is 23.3 Å². The predicted molar refractivity (Wildman–Crippen MR) is 80.4 cm³/mol. The summed E-state index contributed by atoms with van der Waals surface area (Å²) in [6.45, 7) is 2.55. The van der Waals surface area contributed by atoms with Gasteiger partial charge in [0, 0.05) is 21.5 Å². The fourth-order valence-corrected chi connectivity index (χ4v) is 3.92. The molecule has 0 spiro atoms. The molecular formula is C16H19NO2S. The Labute approximate surface area is 123 Å². The van der Waals surface area contributed by atoms with Crippen LogP contribution >= 0.6 is 11.3 Å². The third kappa shape index (κ3) is 2.72. The smallest absolute Gasteiger partial charge is 0.137 e. The zero-order valence-electron chi connectivity index (χ0n) is 11.6. The van der Waals surface area contributed by atoms with Gasteiger partial charge in [0.25, 0.3) is 0 Å². The minimum absolute atomic E-state index is 0.599. The fraction of sp³-hybridized carbons (Fsp3) is 0.438. The first-order valence-electron chi connectivity index (χ1n) is 7.15. The normalized spacial score (nSPS) is 15.7. The largest absolute Gasteiger partial charge is 0.492 e. The summed E-state index contributed by atoms with van der Waals surface area (Å²) in [5.41, 5.74) is 2.22. The number of aliphatic hydroxyl groups excluding tert-OH is 1. The Morgan fingerprint density at radius 1 is 1.30 bits per heavy atom. The maximum absolute atomic E-state index is 10.5. The van der Waals surface area contributed by atoms with Crippen LogP contribution in [0.15, 0.2) is 24.5 Å². The molecule has 0 bridgehead atoms. The van der Waals surface area contributed by atoms with Gasteiger partial charge in [-0.1, -0.05) is 0 Å². The van der Waals surface area contributed by atoms with Gasteiger partial charge in [0.2, 0.25) is 0 Å². The van der Waals surface area contributed by atoms with E-state index in [1.165, 1.54) is 23.3 Å². The first kappa shape index (κ1) is 13.6. The highest BCUT2D eigenvalue weighted by molar-refractivity contribution is 7.12. The van der Waals surface area contributed by atoms with Crippen molar-refractivity contribution in [1.82, 2.24) is 4.98 Å². The molecule has 20 heavy (non-hydrogen) atoms. The highest BCUT2D eigenvalue weighted by Crippen LogP contribution is 2.35. The summed E-state index contributed by atoms with van der Waals surface area (Å²) in [5.74, 6) is 0.713. The van der Waals surface area contributed by atoms with E-state index in [0.29, 0.717) is 12.4 Å². The zero-order chi connectivity index (χ0) is 13.9. The number of hydrogen-bond acceptors (Lipinski definition) is 4. The highest BCUT2D eigenvalue weighted by atomic mass is 32.1. The highest BCUT2D eigenvalue weighted by Gasteiger charge is 2.19. The van der Waals surface area contributed by atoms with Gasteiger partial charge in [0.1, 0.15) is 11.9 Å². The van der Waals surface area contributed by atoms with Crippen LogP contribution < -0.4 is 4.74 Å². The van der Waals surface area contributed by atoms with Crippen molar-refractivity contribution >= 4 is 11.3 Å². The molecule has 3 nitrogen and oxygen atoms in total. The van der Waals surface area contributed by atoms with Gasteiger partial charge in [-0.15, -0.1) is 11.3 Å². The first-order valence-corrected chi connectivity index (χ1v) is 7.97. The summed E-state index contributed by atoms with van der Waals surface area (Å²) in [7, 11) is 0. The van der Waals surface area contributed by atoms with Gasteiger partial charge in [-0.25, -0.2) is 0 Å². The van der Waals surface area contributed by atoms with Gasteiger partial charge in [-0.2, -0.15) is 0 Å². The zero-order valence-corrected chi connectivity index (χ0v) is 12.4. The summed E-state index contributed by atoms with van der Waals surface area (Å²) < 4.78 is 5.44. The summed E-state index contributed by atoms with van der Waals surface area (Å²) in [6, 6.07) is 4.04. The number of aromatic nitrogens is 1. The van der Waals surface area contributed by atoms with Crippen LogP contribution in [0.3, 0.4) is 0 Å². The SMILES string of the molecule is CCOc1cncc(C(O)c2cc3c(s2)CCCC3)c1. The summed E-state index contributed by atoms with van der Waals surface area (Å²) in [4.78, 5) is 6.62. The minimum Gasteiger partial charge on any atom is -0.492 e. The Bertz CT molecular complexity index is 570. The molecular weight excluding hydrogens is 270 g/mol. The number of aliphatic hydroxyl groups is 1. The molecule has 0 saturated heterocycles. The number of ether oxygens (including phenoxy) is 1. The molecule has 1 aliphatic rings. The second-order valence-electron chi connectivity index (χ2n) is 5.09. The molecule has 1 unspecified atom stereocenters. The molecule has 2 heterocycles. The number of hydrogen-bond donors (Lipinski definition) is 1. The third-order valence-corrected chi connectivity index (χ3v) is 4.94. The molecule has 3 rings (SSSR count). The summed E-state index contributed by atoms with van der Waals surface area (Å²) >= 11 is 1.74. The van der Waals surface area contributed by atoms with Crippen molar-refractivity contribution in [3.8, 4) is 5.75 Å². The van der Waals surface area contributed by atoms with Crippen molar-refractivity contribution in [3.05, 3.63) is 45.4 Å². The van der Waals surface area contributed by atoms with Gasteiger partial charge in [-0.05, 0) is 50.3 Å². The molecule has 2 aromatic rings. The third-order valence-electron chi connectivity index (χ3n) is 3.65. The molecule has 0 amide bonds. The lowest BCUT2D eigenvalue weighted by molar-refractivity contribution is 0.222. The maximum Gasteiger partial charge on any atom is 0.137 e. The van der Waals surface area contributed by atoms with Gasteiger partial charge >= 0.3 is 0 Å². The van der Waals surface area contributed by atoms with E-state index < -0.39 is 6.10 Å². The number of pyridine rings is 1. The monoisotopic (exact) mass is 289 g/mol. The first-order chi connectivity index (χ1) is 9.78. The lowest BCUT2D eigenvalue weighted by Gasteiger charge is -2.10. The van der Waals surface area contributed by atoms with Crippen LogP contribution in [0.1, 0.15) is 46.8 Å². The van der Waals surface area contributed by atoms with Crippen LogP contribution in [0.25, 0.3) is 0 Å². The Balaban J connectivity index is 1.86. The predicted octanol–water partition coefficient (Wildman–Crippen LogP) is 3.50. The lowest BCUT2D eigenvalue weighted by Crippen LogP contribution is -2.00. The van der Waals surface area contributed by atoms with Crippen molar-refractivity contribution < 1.29 is 9.84 Å². The second-order valence-corrected chi connectivity index (χ2v) is 6.26. The molecule has 0 radical (unpaired) electrons. The molecule has 0 aromatic carbocycles. The van der Waals surface area contributed by atoms with Crippen molar-refractivity contribution in [2.45, 2.75) is 38.7 Å². The Kier molecular flexibility index (Phi) is 4.03. The number of nitrogens with zero attached hydrogens (tertiary/aromatic N) is 1. The van der Waals surface area contributed by atoms with Crippen LogP contribution in [0.2, 0.25) is 0 Å². The molecule has 0 fully saturated rings. The van der Waals surface area contributed by atoms with Crippen LogP contribution in [0.4, 0.5) is 0 Å². The molecule has 0 saturated carbocycles. The van der Waals surface area contributed by atoms with E-state index >= 15 is 0 Å². The average molecular weight is 289 g/mol. The Morgan fingerprint density at radius 2 is 2.15 bits per heavy atom. The van der Waals surface area contributed by atoms with Gasteiger partial charge in [-0.3, -0.25) is 4.98 Å². The summed E-state index contributed by atoms with van der Waals surface area (Å²) in [6.07, 6.45) is 7.63. The molecule has 4 heteroatoms. The number of fused-ring (bicyclic) bond motifs is 1. The minimum atomic E-state index is -0.599. The molecule has 1 atom stereocenters. The standard InChI is InChI=1S/C16H19NO2S/c1-2-19-13-7-12(9-17-10-13)16(18)15-8-11-5-3-4-6-14(11)20-15/h7-10,16,18H,2-6H2,1H3. The van der Waals surface area contributed by atoms with Crippen LogP contribution in [0, 0.1) is 0 Å². The number of thiophene rings is 1. The van der Waals surface area contributed by atoms with E-state index in [-0.39, 0.29) is 0 Å². The van der Waals surface area contributed by atoms with Crippen LogP contribution in [-0.2, 0) is 12.8 Å². The maximum atomic E-state index is 10.5. The topological polar surface area (TPSA) is 42.4 Å². The average Bonchev–Trinajstić information content (AvgIpc) is 2.91. The molecule has 106 valence electrons. The molecule has 0 aliphatic heterocycles. The molecule has 1 N–H and O–H groups in total.